The first-order chi connectivity index (χ1) is 6.92. The average molecular weight is 181 g/mol. The number of hydrogen-bond donors (Lipinski definition) is 0. The predicted molar refractivity (Wildman–Crippen MR) is 52.2 cm³/mol. The molecule has 0 amide bonds. The SMILES string of the molecule is N#Cc1cccnc1-c1ccncc1. The predicted octanol–water partition coefficient (Wildman–Crippen LogP) is 2.02. The Balaban J connectivity index is 2.58. The number of aromatic nitrogens is 2. The fraction of sp³-hybridized carbons (Fsp3) is 0. The maximum absolute atomic E-state index is 8.87. The van der Waals surface area contributed by atoms with Crippen molar-refractivity contribution in [3.8, 4) is 17.3 Å². The molecule has 0 aliphatic rings. The van der Waals surface area contributed by atoms with Gasteiger partial charge in [-0.25, -0.2) is 0 Å². The standard InChI is InChI=1S/C11H7N3/c12-8-10-2-1-5-14-11(10)9-3-6-13-7-4-9/h1-7H. The maximum atomic E-state index is 8.87. The van der Waals surface area contributed by atoms with Gasteiger partial charge in [-0.3, -0.25) is 9.97 Å². The van der Waals surface area contributed by atoms with E-state index < -0.39 is 0 Å². The second-order valence-corrected chi connectivity index (χ2v) is 2.75. The summed E-state index contributed by atoms with van der Waals surface area (Å²) in [4.78, 5) is 8.09. The molecule has 2 heterocycles. The van der Waals surface area contributed by atoms with Crippen LogP contribution in [0.3, 0.4) is 0 Å². The third-order valence-corrected chi connectivity index (χ3v) is 1.88. The quantitative estimate of drug-likeness (QED) is 0.676. The lowest BCUT2D eigenvalue weighted by Gasteiger charge is -2.00. The van der Waals surface area contributed by atoms with Gasteiger partial charge < -0.3 is 0 Å². The smallest absolute Gasteiger partial charge is 0.101 e. The molecule has 2 rings (SSSR count). The number of nitriles is 1. The van der Waals surface area contributed by atoms with Gasteiger partial charge in [-0.2, -0.15) is 5.26 Å². The Bertz CT molecular complexity index is 471. The van der Waals surface area contributed by atoms with Crippen LogP contribution in [0.1, 0.15) is 5.56 Å². The van der Waals surface area contributed by atoms with E-state index in [0.717, 1.165) is 5.56 Å². The van der Waals surface area contributed by atoms with Gasteiger partial charge >= 0.3 is 0 Å². The van der Waals surface area contributed by atoms with Gasteiger partial charge in [-0.1, -0.05) is 0 Å². The molecular formula is C11H7N3. The van der Waals surface area contributed by atoms with Gasteiger partial charge in [0, 0.05) is 24.2 Å². The van der Waals surface area contributed by atoms with Crippen molar-refractivity contribution >= 4 is 0 Å². The highest BCUT2D eigenvalue weighted by molar-refractivity contribution is 5.65. The molecule has 66 valence electrons. The normalized spacial score (nSPS) is 9.36. The molecule has 0 fully saturated rings. The van der Waals surface area contributed by atoms with Crippen molar-refractivity contribution in [2.45, 2.75) is 0 Å². The van der Waals surface area contributed by atoms with E-state index in [1.54, 1.807) is 30.7 Å². The average Bonchev–Trinajstić information content (AvgIpc) is 2.30. The van der Waals surface area contributed by atoms with E-state index in [2.05, 4.69) is 16.0 Å². The van der Waals surface area contributed by atoms with E-state index in [1.807, 2.05) is 12.1 Å². The van der Waals surface area contributed by atoms with Crippen LogP contribution < -0.4 is 0 Å². The molecule has 0 saturated heterocycles. The summed E-state index contributed by atoms with van der Waals surface area (Å²) in [6, 6.07) is 9.29. The number of nitrogens with zero attached hydrogens (tertiary/aromatic N) is 3. The lowest BCUT2D eigenvalue weighted by Crippen LogP contribution is -1.87. The fourth-order valence-corrected chi connectivity index (χ4v) is 1.24. The van der Waals surface area contributed by atoms with Crippen molar-refractivity contribution in [3.63, 3.8) is 0 Å². The van der Waals surface area contributed by atoms with Gasteiger partial charge in [0.2, 0.25) is 0 Å². The molecule has 2 aromatic rings. The molecule has 0 aromatic carbocycles. The summed E-state index contributed by atoms with van der Waals surface area (Å²) in [7, 11) is 0. The summed E-state index contributed by atoms with van der Waals surface area (Å²) in [5.74, 6) is 0. The van der Waals surface area contributed by atoms with Crippen LogP contribution in [0.15, 0.2) is 42.9 Å². The highest BCUT2D eigenvalue weighted by Crippen LogP contribution is 2.18. The van der Waals surface area contributed by atoms with Crippen LogP contribution in [0.25, 0.3) is 11.3 Å². The van der Waals surface area contributed by atoms with E-state index in [1.165, 1.54) is 0 Å². The monoisotopic (exact) mass is 181 g/mol. The van der Waals surface area contributed by atoms with E-state index in [0.29, 0.717) is 11.3 Å². The number of hydrogen-bond acceptors (Lipinski definition) is 3. The molecular weight excluding hydrogens is 174 g/mol. The van der Waals surface area contributed by atoms with Gasteiger partial charge in [-0.05, 0) is 24.3 Å². The molecule has 0 aliphatic heterocycles. The molecule has 0 bridgehead atoms. The van der Waals surface area contributed by atoms with E-state index in [4.69, 9.17) is 5.26 Å². The maximum Gasteiger partial charge on any atom is 0.101 e. The summed E-state index contributed by atoms with van der Waals surface area (Å²) in [5, 5.41) is 8.87. The number of rotatable bonds is 1. The van der Waals surface area contributed by atoms with Gasteiger partial charge in [0.05, 0.1) is 11.3 Å². The van der Waals surface area contributed by atoms with Crippen LogP contribution in [0.5, 0.6) is 0 Å². The van der Waals surface area contributed by atoms with Crippen molar-refractivity contribution < 1.29 is 0 Å². The molecule has 0 saturated carbocycles. The first kappa shape index (κ1) is 8.39. The van der Waals surface area contributed by atoms with Crippen molar-refractivity contribution in [2.75, 3.05) is 0 Å². The van der Waals surface area contributed by atoms with Gasteiger partial charge in [-0.15, -0.1) is 0 Å². The molecule has 2 aromatic heterocycles. The lowest BCUT2D eigenvalue weighted by molar-refractivity contribution is 1.27. The molecule has 0 N–H and O–H groups in total. The topological polar surface area (TPSA) is 49.6 Å². The molecule has 14 heavy (non-hydrogen) atoms. The summed E-state index contributed by atoms with van der Waals surface area (Å²) in [6.45, 7) is 0. The minimum Gasteiger partial charge on any atom is -0.265 e. The zero-order valence-electron chi connectivity index (χ0n) is 7.38. The zero-order valence-corrected chi connectivity index (χ0v) is 7.38. The summed E-state index contributed by atoms with van der Waals surface area (Å²) in [6.07, 6.45) is 5.05. The van der Waals surface area contributed by atoms with Crippen molar-refractivity contribution in [2.24, 2.45) is 0 Å². The molecule has 3 nitrogen and oxygen atoms in total. The van der Waals surface area contributed by atoms with Gasteiger partial charge in [0.1, 0.15) is 6.07 Å². The third kappa shape index (κ3) is 1.46. The van der Waals surface area contributed by atoms with Crippen LogP contribution in [-0.4, -0.2) is 9.97 Å². The molecule has 3 heteroatoms. The Morgan fingerprint density at radius 2 is 1.86 bits per heavy atom. The Hall–Kier alpha value is -2.21. The second-order valence-electron chi connectivity index (χ2n) is 2.75. The van der Waals surface area contributed by atoms with Crippen LogP contribution in [0.4, 0.5) is 0 Å². The molecule has 0 radical (unpaired) electrons. The van der Waals surface area contributed by atoms with Crippen LogP contribution in [-0.2, 0) is 0 Å². The Morgan fingerprint density at radius 1 is 1.07 bits per heavy atom. The van der Waals surface area contributed by atoms with E-state index in [-0.39, 0.29) is 0 Å². The minimum absolute atomic E-state index is 0.582. The Kier molecular flexibility index (Phi) is 2.20. The van der Waals surface area contributed by atoms with E-state index >= 15 is 0 Å². The first-order valence-electron chi connectivity index (χ1n) is 4.17. The first-order valence-corrected chi connectivity index (χ1v) is 4.17. The van der Waals surface area contributed by atoms with Gasteiger partial charge in [0.25, 0.3) is 0 Å². The van der Waals surface area contributed by atoms with Crippen LogP contribution >= 0.6 is 0 Å². The highest BCUT2D eigenvalue weighted by Gasteiger charge is 2.03. The molecule has 0 aliphatic carbocycles. The van der Waals surface area contributed by atoms with Crippen molar-refractivity contribution in [1.29, 1.82) is 5.26 Å². The van der Waals surface area contributed by atoms with E-state index in [9.17, 15) is 0 Å². The Morgan fingerprint density at radius 3 is 2.57 bits per heavy atom. The molecule has 0 spiro atoms. The third-order valence-electron chi connectivity index (χ3n) is 1.88. The second kappa shape index (κ2) is 3.67. The summed E-state index contributed by atoms with van der Waals surface area (Å²) < 4.78 is 0. The van der Waals surface area contributed by atoms with Crippen molar-refractivity contribution in [1.82, 2.24) is 9.97 Å². The van der Waals surface area contributed by atoms with Gasteiger partial charge in [0.15, 0.2) is 0 Å². The largest absolute Gasteiger partial charge is 0.265 e. The number of pyridine rings is 2. The minimum atomic E-state index is 0.582. The summed E-state index contributed by atoms with van der Waals surface area (Å²) >= 11 is 0. The molecule has 0 atom stereocenters. The Labute approximate surface area is 81.7 Å². The summed E-state index contributed by atoms with van der Waals surface area (Å²) in [5.41, 5.74) is 2.20. The lowest BCUT2D eigenvalue weighted by atomic mass is 10.1. The van der Waals surface area contributed by atoms with Crippen LogP contribution in [0.2, 0.25) is 0 Å². The highest BCUT2D eigenvalue weighted by atomic mass is 14.7. The van der Waals surface area contributed by atoms with Crippen molar-refractivity contribution in [3.05, 3.63) is 48.4 Å². The molecule has 0 unspecified atom stereocenters. The fourth-order valence-electron chi connectivity index (χ4n) is 1.24. The van der Waals surface area contributed by atoms with Crippen LogP contribution in [0, 0.1) is 11.3 Å². The zero-order chi connectivity index (χ0) is 9.80.